The van der Waals surface area contributed by atoms with Gasteiger partial charge in [0.2, 0.25) is 5.91 Å². The summed E-state index contributed by atoms with van der Waals surface area (Å²) in [6.45, 7) is 1.95. The number of nitrogens with one attached hydrogen (secondary N) is 1. The van der Waals surface area contributed by atoms with E-state index in [1.165, 1.54) is 25.3 Å². The van der Waals surface area contributed by atoms with Crippen LogP contribution in [0.15, 0.2) is 18.2 Å². The summed E-state index contributed by atoms with van der Waals surface area (Å²) in [5, 5.41) is 2.90. The summed E-state index contributed by atoms with van der Waals surface area (Å²) in [7, 11) is 1.24. The van der Waals surface area contributed by atoms with Crippen molar-refractivity contribution in [1.82, 2.24) is 0 Å². The van der Waals surface area contributed by atoms with Crippen LogP contribution in [0.2, 0.25) is 5.02 Å². The van der Waals surface area contributed by atoms with Gasteiger partial charge in [-0.05, 0) is 25.1 Å². The minimum Gasteiger partial charge on any atom is -0.466 e. The van der Waals surface area contributed by atoms with E-state index in [1.807, 2.05) is 0 Å². The predicted molar refractivity (Wildman–Crippen MR) is 77.3 cm³/mol. The molecule has 0 unspecified atom stereocenters. The number of carbonyl (C=O) groups is 3. The maximum atomic E-state index is 11.8. The maximum Gasteiger partial charge on any atom is 0.339 e. The first-order valence-electron chi connectivity index (χ1n) is 6.31. The van der Waals surface area contributed by atoms with Gasteiger partial charge in [0.05, 0.1) is 31.4 Å². The zero-order valence-corrected chi connectivity index (χ0v) is 12.5. The maximum absolute atomic E-state index is 11.8. The van der Waals surface area contributed by atoms with Crippen molar-refractivity contribution in [2.45, 2.75) is 19.8 Å². The third-order valence-electron chi connectivity index (χ3n) is 2.52. The van der Waals surface area contributed by atoms with Gasteiger partial charge in [0, 0.05) is 11.4 Å². The molecule has 1 rings (SSSR count). The lowest BCUT2D eigenvalue weighted by molar-refractivity contribution is -0.144. The van der Waals surface area contributed by atoms with Crippen molar-refractivity contribution in [2.75, 3.05) is 19.0 Å². The molecule has 0 fully saturated rings. The van der Waals surface area contributed by atoms with Crippen LogP contribution < -0.4 is 5.32 Å². The van der Waals surface area contributed by atoms with Gasteiger partial charge in [0.25, 0.3) is 0 Å². The van der Waals surface area contributed by atoms with Gasteiger partial charge in [0.15, 0.2) is 0 Å². The standard InChI is InChI=1S/C14H16ClNO5/c1-3-21-13(18)7-6-12(17)16-11-8-9(15)4-5-10(11)14(19)20-2/h4-5,8H,3,6-7H2,1-2H3,(H,16,17). The molecule has 1 aromatic rings. The molecule has 0 aliphatic heterocycles. The second-order valence-corrected chi connectivity index (χ2v) is 4.47. The Kier molecular flexibility index (Phi) is 6.68. The van der Waals surface area contributed by atoms with Crippen LogP contribution in [0.25, 0.3) is 0 Å². The minimum atomic E-state index is -0.590. The molecule has 0 aromatic heterocycles. The summed E-state index contributed by atoms with van der Waals surface area (Å²) in [6.07, 6.45) is -0.0836. The number of rotatable bonds is 6. The van der Waals surface area contributed by atoms with Gasteiger partial charge in [0.1, 0.15) is 0 Å². The van der Waals surface area contributed by atoms with E-state index in [1.54, 1.807) is 6.92 Å². The van der Waals surface area contributed by atoms with Gasteiger partial charge < -0.3 is 14.8 Å². The van der Waals surface area contributed by atoms with Gasteiger partial charge in [-0.25, -0.2) is 4.79 Å². The average Bonchev–Trinajstić information content (AvgIpc) is 2.45. The lowest BCUT2D eigenvalue weighted by Crippen LogP contribution is -2.17. The van der Waals surface area contributed by atoms with Crippen molar-refractivity contribution >= 4 is 35.1 Å². The Hall–Kier alpha value is -2.08. The molecular weight excluding hydrogens is 298 g/mol. The van der Waals surface area contributed by atoms with E-state index in [0.29, 0.717) is 5.02 Å². The summed E-state index contributed by atoms with van der Waals surface area (Å²) >= 11 is 5.84. The SMILES string of the molecule is CCOC(=O)CCC(=O)Nc1cc(Cl)ccc1C(=O)OC. The van der Waals surface area contributed by atoms with Crippen LogP contribution >= 0.6 is 11.6 Å². The van der Waals surface area contributed by atoms with Crippen molar-refractivity contribution < 1.29 is 23.9 Å². The first-order chi connectivity index (χ1) is 9.97. The fraction of sp³-hybridized carbons (Fsp3) is 0.357. The van der Waals surface area contributed by atoms with Gasteiger partial charge in [-0.2, -0.15) is 0 Å². The number of esters is 2. The van der Waals surface area contributed by atoms with E-state index in [0.717, 1.165) is 0 Å². The van der Waals surface area contributed by atoms with E-state index < -0.39 is 17.8 Å². The number of methoxy groups -OCH3 is 1. The highest BCUT2D eigenvalue weighted by Gasteiger charge is 2.15. The Labute approximate surface area is 127 Å². The Morgan fingerprint density at radius 3 is 2.57 bits per heavy atom. The molecule has 0 atom stereocenters. The Morgan fingerprint density at radius 1 is 1.24 bits per heavy atom. The topological polar surface area (TPSA) is 81.7 Å². The first kappa shape index (κ1) is 17.0. The normalized spacial score (nSPS) is 9.86. The molecule has 0 heterocycles. The molecule has 0 aliphatic rings. The highest BCUT2D eigenvalue weighted by molar-refractivity contribution is 6.31. The number of anilines is 1. The highest BCUT2D eigenvalue weighted by Crippen LogP contribution is 2.22. The van der Waals surface area contributed by atoms with E-state index in [2.05, 4.69) is 10.1 Å². The quantitative estimate of drug-likeness (QED) is 0.816. The monoisotopic (exact) mass is 313 g/mol. The molecule has 21 heavy (non-hydrogen) atoms. The lowest BCUT2D eigenvalue weighted by Gasteiger charge is -2.10. The van der Waals surface area contributed by atoms with Crippen LogP contribution in [0, 0.1) is 0 Å². The molecule has 1 amide bonds. The third kappa shape index (κ3) is 5.43. The van der Waals surface area contributed by atoms with Gasteiger partial charge in [-0.1, -0.05) is 11.6 Å². The van der Waals surface area contributed by atoms with E-state index in [9.17, 15) is 14.4 Å². The van der Waals surface area contributed by atoms with E-state index in [4.69, 9.17) is 16.3 Å². The molecule has 0 radical (unpaired) electrons. The molecule has 7 heteroatoms. The largest absolute Gasteiger partial charge is 0.466 e. The zero-order valence-electron chi connectivity index (χ0n) is 11.8. The van der Waals surface area contributed by atoms with Crippen molar-refractivity contribution in [3.8, 4) is 0 Å². The van der Waals surface area contributed by atoms with Crippen LogP contribution in [-0.4, -0.2) is 31.6 Å². The van der Waals surface area contributed by atoms with Gasteiger partial charge in [-0.3, -0.25) is 9.59 Å². The molecule has 6 nitrogen and oxygen atoms in total. The molecule has 114 valence electrons. The van der Waals surface area contributed by atoms with Crippen molar-refractivity contribution in [3.63, 3.8) is 0 Å². The molecule has 1 aromatic carbocycles. The molecule has 1 N–H and O–H groups in total. The minimum absolute atomic E-state index is 0.0339. The summed E-state index contributed by atoms with van der Waals surface area (Å²) in [6, 6.07) is 4.41. The molecule has 0 saturated carbocycles. The van der Waals surface area contributed by atoms with E-state index in [-0.39, 0.29) is 30.7 Å². The zero-order chi connectivity index (χ0) is 15.8. The number of amides is 1. The smallest absolute Gasteiger partial charge is 0.339 e. The van der Waals surface area contributed by atoms with Gasteiger partial charge >= 0.3 is 11.9 Å². The predicted octanol–water partition coefficient (Wildman–Crippen LogP) is 2.41. The number of benzene rings is 1. The summed E-state index contributed by atoms with van der Waals surface area (Å²) in [5.41, 5.74) is 0.426. The second-order valence-electron chi connectivity index (χ2n) is 4.03. The number of ether oxygens (including phenoxy) is 2. The Morgan fingerprint density at radius 2 is 1.95 bits per heavy atom. The molecule has 0 bridgehead atoms. The second kappa shape index (κ2) is 8.26. The van der Waals surface area contributed by atoms with Crippen LogP contribution in [0.4, 0.5) is 5.69 Å². The van der Waals surface area contributed by atoms with E-state index >= 15 is 0 Å². The van der Waals surface area contributed by atoms with Crippen LogP contribution in [0.5, 0.6) is 0 Å². The van der Waals surface area contributed by atoms with Crippen LogP contribution in [-0.2, 0) is 19.1 Å². The summed E-state index contributed by atoms with van der Waals surface area (Å²) in [5.74, 6) is -1.46. The van der Waals surface area contributed by atoms with Crippen molar-refractivity contribution in [1.29, 1.82) is 0 Å². The van der Waals surface area contributed by atoms with Crippen molar-refractivity contribution in [2.24, 2.45) is 0 Å². The molecular formula is C14H16ClNO5. The van der Waals surface area contributed by atoms with Gasteiger partial charge in [-0.15, -0.1) is 0 Å². The number of hydrogen-bond acceptors (Lipinski definition) is 5. The average molecular weight is 314 g/mol. The Bertz CT molecular complexity index is 544. The fourth-order valence-corrected chi connectivity index (χ4v) is 1.74. The first-order valence-corrected chi connectivity index (χ1v) is 6.69. The Balaban J connectivity index is 2.73. The number of halogens is 1. The fourth-order valence-electron chi connectivity index (χ4n) is 1.57. The molecule has 0 spiro atoms. The number of carbonyl (C=O) groups excluding carboxylic acids is 3. The lowest BCUT2D eigenvalue weighted by atomic mass is 10.1. The van der Waals surface area contributed by atoms with Crippen LogP contribution in [0.3, 0.4) is 0 Å². The number of hydrogen-bond donors (Lipinski definition) is 1. The summed E-state index contributed by atoms with van der Waals surface area (Å²) in [4.78, 5) is 34.5. The van der Waals surface area contributed by atoms with Crippen LogP contribution in [0.1, 0.15) is 30.1 Å². The summed E-state index contributed by atoms with van der Waals surface area (Å²) < 4.78 is 9.35. The van der Waals surface area contributed by atoms with Crippen molar-refractivity contribution in [3.05, 3.63) is 28.8 Å². The molecule has 0 saturated heterocycles. The third-order valence-corrected chi connectivity index (χ3v) is 2.76. The molecule has 0 aliphatic carbocycles. The highest BCUT2D eigenvalue weighted by atomic mass is 35.5.